The summed E-state index contributed by atoms with van der Waals surface area (Å²) in [5.41, 5.74) is 2.40. The highest BCUT2D eigenvalue weighted by atomic mass is 16.6. The molecule has 1 aliphatic rings. The minimum Gasteiger partial charge on any atom is -0.452 e. The van der Waals surface area contributed by atoms with Gasteiger partial charge in [0.25, 0.3) is 17.5 Å². The van der Waals surface area contributed by atoms with Crippen LogP contribution in [0.5, 0.6) is 11.5 Å². The maximum Gasteiger partial charge on any atom is 0.276 e. The fourth-order valence-electron chi connectivity index (χ4n) is 4.76. The third-order valence-corrected chi connectivity index (χ3v) is 6.83. The van der Waals surface area contributed by atoms with Gasteiger partial charge in [0.2, 0.25) is 0 Å². The molecule has 2 amide bonds. The molecule has 0 fully saturated rings. The number of carbonyl (C=O) groups excluding carboxylic acids is 2. The van der Waals surface area contributed by atoms with Gasteiger partial charge >= 0.3 is 0 Å². The van der Waals surface area contributed by atoms with E-state index in [1.54, 1.807) is 30.6 Å². The van der Waals surface area contributed by atoms with Gasteiger partial charge in [-0.1, -0.05) is 0 Å². The van der Waals surface area contributed by atoms with Crippen LogP contribution in [0.4, 0.5) is 17.1 Å². The molecule has 3 aromatic rings. The Morgan fingerprint density at radius 2 is 1.51 bits per heavy atom. The molecule has 0 unspecified atom stereocenters. The second kappa shape index (κ2) is 9.72. The molecule has 0 bridgehead atoms. The smallest absolute Gasteiger partial charge is 0.276 e. The van der Waals surface area contributed by atoms with Gasteiger partial charge in [-0.3, -0.25) is 19.7 Å². The molecule has 196 valence electrons. The maximum absolute atomic E-state index is 13.7. The molecular weight excluding hydrogens is 478 g/mol. The van der Waals surface area contributed by atoms with Crippen molar-refractivity contribution < 1.29 is 23.7 Å². The van der Waals surface area contributed by atoms with Crippen molar-refractivity contribution in [2.24, 2.45) is 0 Å². The molecule has 0 aliphatic carbocycles. The van der Waals surface area contributed by atoms with Gasteiger partial charge < -0.3 is 24.3 Å². The fourth-order valence-corrected chi connectivity index (χ4v) is 4.76. The van der Waals surface area contributed by atoms with E-state index in [1.165, 1.54) is 6.07 Å². The Labute approximate surface area is 214 Å². The Kier molecular flexibility index (Phi) is 6.81. The van der Waals surface area contributed by atoms with E-state index in [1.807, 2.05) is 27.7 Å². The number of rotatable bonds is 7. The fraction of sp³-hybridized carbons (Fsp3) is 0.423. The maximum atomic E-state index is 13.7. The molecule has 0 spiro atoms. The molecule has 1 aliphatic heterocycles. The van der Waals surface area contributed by atoms with E-state index in [2.05, 4.69) is 10.3 Å². The number of oxazole rings is 1. The molecule has 0 radical (unpaired) electrons. The normalized spacial score (nSPS) is 11.9. The summed E-state index contributed by atoms with van der Waals surface area (Å²) in [4.78, 5) is 46.3. The molecule has 1 N–H and O–H groups in total. The van der Waals surface area contributed by atoms with Gasteiger partial charge in [-0.25, -0.2) is 4.98 Å². The van der Waals surface area contributed by atoms with Crippen molar-refractivity contribution in [1.29, 1.82) is 0 Å². The molecule has 11 nitrogen and oxygen atoms in total. The van der Waals surface area contributed by atoms with Gasteiger partial charge in [0, 0.05) is 44.7 Å². The van der Waals surface area contributed by atoms with Crippen LogP contribution < -0.4 is 10.1 Å². The van der Waals surface area contributed by atoms with Crippen LogP contribution in [0.1, 0.15) is 65.4 Å². The van der Waals surface area contributed by atoms with Crippen molar-refractivity contribution in [1.82, 2.24) is 14.8 Å². The summed E-state index contributed by atoms with van der Waals surface area (Å²) in [6.07, 6.45) is 0. The summed E-state index contributed by atoms with van der Waals surface area (Å²) in [5.74, 6) is 0.203. The number of carbonyl (C=O) groups is 2. The molecule has 0 saturated carbocycles. The highest BCUT2D eigenvalue weighted by Gasteiger charge is 2.36. The Bertz CT molecular complexity index is 1440. The van der Waals surface area contributed by atoms with Crippen molar-refractivity contribution in [3.05, 3.63) is 44.3 Å². The van der Waals surface area contributed by atoms with Gasteiger partial charge in [-0.2, -0.15) is 0 Å². The van der Waals surface area contributed by atoms with Crippen LogP contribution >= 0.6 is 0 Å². The summed E-state index contributed by atoms with van der Waals surface area (Å²) >= 11 is 0. The molecule has 1 aromatic heterocycles. The number of aromatic nitrogens is 1. The SMILES string of the molecule is CCN(CC)C(=O)c1cc([N+](=O)[O-])c(C)c2c1Nc1c(c(C)c3oc(C)nc3c1C(=O)N(CC)CC)O2. The number of aryl methyl sites for hydroxylation is 2. The number of nitro groups is 1. The average molecular weight is 510 g/mol. The highest BCUT2D eigenvalue weighted by molar-refractivity contribution is 6.14. The van der Waals surface area contributed by atoms with Crippen molar-refractivity contribution in [2.75, 3.05) is 31.5 Å². The minimum absolute atomic E-state index is 0.0944. The van der Waals surface area contributed by atoms with Crippen LogP contribution in [0.3, 0.4) is 0 Å². The molecule has 11 heteroatoms. The van der Waals surface area contributed by atoms with Gasteiger partial charge in [-0.05, 0) is 41.5 Å². The number of hydrogen-bond donors (Lipinski definition) is 1. The Balaban J connectivity index is 2.05. The van der Waals surface area contributed by atoms with Gasteiger partial charge in [-0.15, -0.1) is 0 Å². The van der Waals surface area contributed by atoms with E-state index in [4.69, 9.17) is 9.15 Å². The number of benzene rings is 2. The first-order valence-electron chi connectivity index (χ1n) is 12.4. The third kappa shape index (κ3) is 4.04. The number of nitro benzene ring substituents is 1. The number of hydrogen-bond acceptors (Lipinski definition) is 8. The van der Waals surface area contributed by atoms with E-state index >= 15 is 0 Å². The quantitative estimate of drug-likeness (QED) is 0.256. The molecule has 37 heavy (non-hydrogen) atoms. The van der Waals surface area contributed by atoms with E-state index in [9.17, 15) is 19.7 Å². The second-order valence-electron chi connectivity index (χ2n) is 8.83. The molecule has 2 heterocycles. The summed E-state index contributed by atoms with van der Waals surface area (Å²) in [5, 5.41) is 15.2. The van der Waals surface area contributed by atoms with Crippen molar-refractivity contribution in [3.63, 3.8) is 0 Å². The largest absolute Gasteiger partial charge is 0.452 e. The summed E-state index contributed by atoms with van der Waals surface area (Å²) in [6, 6.07) is 1.27. The molecular formula is C26H31N5O6. The first kappa shape index (κ1) is 25.9. The standard InChI is InChI=1S/C26H31N5O6/c1-8-29(9-2)25(32)16-12-17(31(34)35)13(5)22-19(16)28-21-18(26(33)30(10-3)11-4)20-23(36-15(7)27-20)14(6)24(21)37-22/h12,28H,8-11H2,1-7H3. The lowest BCUT2D eigenvalue weighted by atomic mass is 9.98. The zero-order valence-electron chi connectivity index (χ0n) is 22.1. The van der Waals surface area contributed by atoms with Crippen LogP contribution in [0.2, 0.25) is 0 Å². The monoisotopic (exact) mass is 509 g/mol. The number of anilines is 2. The van der Waals surface area contributed by atoms with Gasteiger partial charge in [0.05, 0.1) is 33.0 Å². The lowest BCUT2D eigenvalue weighted by Gasteiger charge is -2.30. The Morgan fingerprint density at radius 3 is 2.08 bits per heavy atom. The first-order chi connectivity index (χ1) is 17.6. The van der Waals surface area contributed by atoms with Crippen molar-refractivity contribution >= 4 is 40.0 Å². The highest BCUT2D eigenvalue weighted by Crippen LogP contribution is 2.52. The predicted molar refractivity (Wildman–Crippen MR) is 139 cm³/mol. The lowest BCUT2D eigenvalue weighted by Crippen LogP contribution is -2.32. The summed E-state index contributed by atoms with van der Waals surface area (Å²) in [7, 11) is 0. The molecule has 0 saturated heterocycles. The second-order valence-corrected chi connectivity index (χ2v) is 8.83. The van der Waals surface area contributed by atoms with Gasteiger partial charge in [0.15, 0.2) is 23.0 Å². The summed E-state index contributed by atoms with van der Waals surface area (Å²) in [6.45, 7) is 14.3. The van der Waals surface area contributed by atoms with Gasteiger partial charge in [0.1, 0.15) is 5.52 Å². The average Bonchev–Trinajstić information content (AvgIpc) is 3.26. The number of nitrogens with zero attached hydrogens (tertiary/aromatic N) is 4. The Morgan fingerprint density at radius 1 is 0.946 bits per heavy atom. The topological polar surface area (TPSA) is 131 Å². The van der Waals surface area contributed by atoms with Crippen LogP contribution in [0.25, 0.3) is 11.1 Å². The van der Waals surface area contributed by atoms with Crippen LogP contribution in [0.15, 0.2) is 10.5 Å². The number of nitrogens with one attached hydrogen (secondary N) is 1. The predicted octanol–water partition coefficient (Wildman–Crippen LogP) is 5.47. The lowest BCUT2D eigenvalue weighted by molar-refractivity contribution is -0.385. The third-order valence-electron chi connectivity index (χ3n) is 6.83. The van der Waals surface area contributed by atoms with Crippen molar-refractivity contribution in [3.8, 4) is 11.5 Å². The van der Waals surface area contributed by atoms with E-state index in [0.717, 1.165) is 0 Å². The summed E-state index contributed by atoms with van der Waals surface area (Å²) < 4.78 is 12.2. The zero-order valence-corrected chi connectivity index (χ0v) is 22.1. The van der Waals surface area contributed by atoms with Crippen LogP contribution in [-0.4, -0.2) is 57.7 Å². The first-order valence-corrected chi connectivity index (χ1v) is 12.4. The zero-order chi connectivity index (χ0) is 27.2. The van der Waals surface area contributed by atoms with Crippen LogP contribution in [-0.2, 0) is 0 Å². The molecule has 2 aromatic carbocycles. The van der Waals surface area contributed by atoms with Crippen molar-refractivity contribution in [2.45, 2.75) is 48.5 Å². The van der Waals surface area contributed by atoms with E-state index in [-0.39, 0.29) is 45.6 Å². The molecule has 0 atom stereocenters. The Hall–Kier alpha value is -4.15. The minimum atomic E-state index is -0.529. The van der Waals surface area contributed by atoms with E-state index < -0.39 is 4.92 Å². The van der Waals surface area contributed by atoms with Crippen LogP contribution in [0, 0.1) is 30.9 Å². The number of ether oxygens (including phenoxy) is 1. The number of fused-ring (bicyclic) bond motifs is 3. The number of amides is 2. The molecule has 4 rings (SSSR count). The van der Waals surface area contributed by atoms with E-state index in [0.29, 0.717) is 60.2 Å².